The molecule has 2 heterocycles. The van der Waals surface area contributed by atoms with Gasteiger partial charge in [0.25, 0.3) is 0 Å². The lowest BCUT2D eigenvalue weighted by atomic mass is 10.1. The van der Waals surface area contributed by atoms with Crippen LogP contribution in [0.1, 0.15) is 26.7 Å². The molecule has 0 saturated carbocycles. The number of aliphatic hydroxyl groups excluding tert-OH is 1. The Bertz CT molecular complexity index is 441. The number of guanidine groups is 1. The Labute approximate surface area is 137 Å². The lowest BCUT2D eigenvalue weighted by Gasteiger charge is -2.33. The highest BCUT2D eigenvalue weighted by atomic mass is 32.1. The fourth-order valence-corrected chi connectivity index (χ4v) is 3.30. The van der Waals surface area contributed by atoms with Crippen molar-refractivity contribution < 1.29 is 5.11 Å². The Morgan fingerprint density at radius 3 is 2.86 bits per heavy atom. The molecule has 1 saturated heterocycles. The monoisotopic (exact) mass is 324 g/mol. The summed E-state index contributed by atoms with van der Waals surface area (Å²) >= 11 is 1.81. The van der Waals surface area contributed by atoms with Crippen LogP contribution in [0.2, 0.25) is 0 Å². The third-order valence-corrected chi connectivity index (χ3v) is 4.80. The molecule has 2 rings (SSSR count). The van der Waals surface area contributed by atoms with Crippen molar-refractivity contribution >= 4 is 22.3 Å². The second-order valence-corrected chi connectivity index (χ2v) is 6.79. The number of thiophene rings is 1. The van der Waals surface area contributed by atoms with Gasteiger partial charge < -0.3 is 20.6 Å². The maximum Gasteiger partial charge on any atom is 0.191 e. The van der Waals surface area contributed by atoms with E-state index in [2.05, 4.69) is 45.0 Å². The minimum atomic E-state index is 0.183. The number of anilines is 1. The second-order valence-electron chi connectivity index (χ2n) is 5.86. The van der Waals surface area contributed by atoms with Crippen molar-refractivity contribution in [3.05, 3.63) is 17.5 Å². The van der Waals surface area contributed by atoms with E-state index in [0.29, 0.717) is 12.6 Å². The molecule has 1 fully saturated rings. The molecule has 1 aliphatic rings. The summed E-state index contributed by atoms with van der Waals surface area (Å²) in [4.78, 5) is 7.03. The van der Waals surface area contributed by atoms with Crippen molar-refractivity contribution in [3.8, 4) is 0 Å². The third kappa shape index (κ3) is 5.18. The summed E-state index contributed by atoms with van der Waals surface area (Å²) in [6, 6.07) is 4.78. The molecule has 0 aromatic carbocycles. The van der Waals surface area contributed by atoms with Gasteiger partial charge in [-0.2, -0.15) is 0 Å². The first-order valence-corrected chi connectivity index (χ1v) is 9.05. The van der Waals surface area contributed by atoms with Gasteiger partial charge in [-0.1, -0.05) is 6.92 Å². The zero-order valence-electron chi connectivity index (χ0n) is 13.6. The van der Waals surface area contributed by atoms with Gasteiger partial charge in [-0.3, -0.25) is 4.99 Å². The highest BCUT2D eigenvalue weighted by molar-refractivity contribution is 7.14. The van der Waals surface area contributed by atoms with Crippen LogP contribution in [-0.4, -0.2) is 49.9 Å². The minimum Gasteiger partial charge on any atom is -0.396 e. The second kappa shape index (κ2) is 9.00. The average molecular weight is 324 g/mol. The highest BCUT2D eigenvalue weighted by Crippen LogP contribution is 2.24. The van der Waals surface area contributed by atoms with Gasteiger partial charge in [-0.15, -0.1) is 11.3 Å². The maximum atomic E-state index is 9.10. The lowest BCUT2D eigenvalue weighted by Crippen LogP contribution is -2.48. The first-order valence-electron chi connectivity index (χ1n) is 8.17. The molecule has 5 nitrogen and oxygen atoms in total. The summed E-state index contributed by atoms with van der Waals surface area (Å²) in [6.45, 7) is 7.95. The molecule has 1 atom stereocenters. The number of aliphatic hydroxyl groups is 1. The van der Waals surface area contributed by atoms with E-state index in [0.717, 1.165) is 38.4 Å². The molecule has 0 amide bonds. The fourth-order valence-electron chi connectivity index (χ4n) is 2.51. The minimum absolute atomic E-state index is 0.183. The van der Waals surface area contributed by atoms with E-state index in [1.807, 2.05) is 18.3 Å². The van der Waals surface area contributed by atoms with Crippen molar-refractivity contribution in [3.63, 3.8) is 0 Å². The summed E-state index contributed by atoms with van der Waals surface area (Å²) in [5, 5.41) is 19.4. The van der Waals surface area contributed by atoms with Crippen molar-refractivity contribution in [2.24, 2.45) is 10.9 Å². The van der Waals surface area contributed by atoms with Crippen LogP contribution >= 0.6 is 11.3 Å². The largest absolute Gasteiger partial charge is 0.396 e. The molecule has 3 N–H and O–H groups in total. The fraction of sp³-hybridized carbons (Fsp3) is 0.688. The van der Waals surface area contributed by atoms with Gasteiger partial charge in [0.2, 0.25) is 0 Å². The Kier molecular flexibility index (Phi) is 6.99. The SMILES string of the molecule is CCNC(=NCC(C)CO)NC1CCN(c2cccs2)CC1. The molecular formula is C16H28N4OS. The third-order valence-electron chi connectivity index (χ3n) is 3.87. The quantitative estimate of drug-likeness (QED) is 0.552. The molecule has 6 heteroatoms. The van der Waals surface area contributed by atoms with Gasteiger partial charge in [0.1, 0.15) is 0 Å². The number of rotatable bonds is 6. The zero-order valence-corrected chi connectivity index (χ0v) is 14.4. The number of hydrogen-bond acceptors (Lipinski definition) is 4. The zero-order chi connectivity index (χ0) is 15.8. The van der Waals surface area contributed by atoms with E-state index >= 15 is 0 Å². The molecule has 1 aliphatic heterocycles. The molecule has 0 bridgehead atoms. The van der Waals surface area contributed by atoms with E-state index in [1.165, 1.54) is 5.00 Å². The summed E-state index contributed by atoms with van der Waals surface area (Å²) in [5.41, 5.74) is 0. The molecule has 1 aromatic rings. The average Bonchev–Trinajstić information content (AvgIpc) is 3.07. The summed E-state index contributed by atoms with van der Waals surface area (Å²) < 4.78 is 0. The summed E-state index contributed by atoms with van der Waals surface area (Å²) in [7, 11) is 0. The van der Waals surface area contributed by atoms with Gasteiger partial charge >= 0.3 is 0 Å². The Morgan fingerprint density at radius 2 is 2.27 bits per heavy atom. The molecular weight excluding hydrogens is 296 g/mol. The molecule has 0 spiro atoms. The van der Waals surface area contributed by atoms with Gasteiger partial charge in [-0.05, 0) is 43.2 Å². The van der Waals surface area contributed by atoms with Crippen molar-refractivity contribution in [1.82, 2.24) is 10.6 Å². The van der Waals surface area contributed by atoms with Gasteiger partial charge in [0.05, 0.1) is 5.00 Å². The van der Waals surface area contributed by atoms with Crippen LogP contribution in [-0.2, 0) is 0 Å². The molecule has 124 valence electrons. The van der Waals surface area contributed by atoms with E-state index in [9.17, 15) is 0 Å². The number of hydrogen-bond donors (Lipinski definition) is 3. The number of nitrogens with one attached hydrogen (secondary N) is 2. The molecule has 22 heavy (non-hydrogen) atoms. The molecule has 0 aliphatic carbocycles. The normalized spacial score (nSPS) is 18.3. The van der Waals surface area contributed by atoms with Crippen LogP contribution in [0.4, 0.5) is 5.00 Å². The summed E-state index contributed by atoms with van der Waals surface area (Å²) in [5.74, 6) is 1.08. The van der Waals surface area contributed by atoms with Crippen LogP contribution in [0.25, 0.3) is 0 Å². The van der Waals surface area contributed by atoms with Gasteiger partial charge in [-0.25, -0.2) is 0 Å². The van der Waals surface area contributed by atoms with Crippen molar-refractivity contribution in [1.29, 1.82) is 0 Å². The van der Waals surface area contributed by atoms with Crippen LogP contribution < -0.4 is 15.5 Å². The van der Waals surface area contributed by atoms with Gasteiger partial charge in [0.15, 0.2) is 5.96 Å². The van der Waals surface area contributed by atoms with E-state index < -0.39 is 0 Å². The number of piperidine rings is 1. The standard InChI is InChI=1S/C16H28N4OS/c1-3-17-16(18-11-13(2)12-21)19-14-6-8-20(9-7-14)15-5-4-10-22-15/h4-5,10,13-14,21H,3,6-9,11-12H2,1-2H3,(H2,17,18,19). The van der Waals surface area contributed by atoms with Crippen LogP contribution in [0.15, 0.2) is 22.5 Å². The summed E-state index contributed by atoms with van der Waals surface area (Å²) in [6.07, 6.45) is 2.25. The molecule has 1 unspecified atom stereocenters. The predicted molar refractivity (Wildman–Crippen MR) is 94.9 cm³/mol. The maximum absolute atomic E-state index is 9.10. The van der Waals surface area contributed by atoms with Gasteiger partial charge in [0, 0.05) is 38.8 Å². The van der Waals surface area contributed by atoms with E-state index in [-0.39, 0.29) is 12.5 Å². The first-order chi connectivity index (χ1) is 10.7. The Morgan fingerprint density at radius 1 is 1.50 bits per heavy atom. The predicted octanol–water partition coefficient (Wildman–Crippen LogP) is 1.90. The topological polar surface area (TPSA) is 59.9 Å². The first kappa shape index (κ1) is 17.1. The van der Waals surface area contributed by atoms with E-state index in [1.54, 1.807) is 0 Å². The van der Waals surface area contributed by atoms with E-state index in [4.69, 9.17) is 5.11 Å². The van der Waals surface area contributed by atoms with Crippen LogP contribution in [0.3, 0.4) is 0 Å². The number of nitrogens with zero attached hydrogens (tertiary/aromatic N) is 2. The molecule has 1 aromatic heterocycles. The number of aliphatic imine (C=N–C) groups is 1. The highest BCUT2D eigenvalue weighted by Gasteiger charge is 2.20. The smallest absolute Gasteiger partial charge is 0.191 e. The Hall–Kier alpha value is -1.27. The van der Waals surface area contributed by atoms with Crippen LogP contribution in [0, 0.1) is 5.92 Å². The molecule has 0 radical (unpaired) electrons. The van der Waals surface area contributed by atoms with Crippen molar-refractivity contribution in [2.45, 2.75) is 32.7 Å². The van der Waals surface area contributed by atoms with Crippen molar-refractivity contribution in [2.75, 3.05) is 37.7 Å². The lowest BCUT2D eigenvalue weighted by molar-refractivity contribution is 0.241. The Balaban J connectivity index is 1.81. The van der Waals surface area contributed by atoms with Crippen LogP contribution in [0.5, 0.6) is 0 Å².